The maximum absolute atomic E-state index is 12.0. The van der Waals surface area contributed by atoms with Gasteiger partial charge in [0.25, 0.3) is 0 Å². The summed E-state index contributed by atoms with van der Waals surface area (Å²) in [4.78, 5) is 12.0. The lowest BCUT2D eigenvalue weighted by Crippen LogP contribution is -2.15. The van der Waals surface area contributed by atoms with Gasteiger partial charge in [0, 0.05) is 5.69 Å². The summed E-state index contributed by atoms with van der Waals surface area (Å²) in [5.74, 6) is 1.72. The summed E-state index contributed by atoms with van der Waals surface area (Å²) in [6, 6.07) is 15.3. The fourth-order valence-electron chi connectivity index (χ4n) is 2.17. The Hall–Kier alpha value is -2.49. The van der Waals surface area contributed by atoms with E-state index in [4.69, 9.17) is 9.47 Å². The summed E-state index contributed by atoms with van der Waals surface area (Å²) in [5, 5.41) is 2.87. The summed E-state index contributed by atoms with van der Waals surface area (Å²) in [6.45, 7) is 4.59. The third kappa shape index (κ3) is 5.02. The van der Waals surface area contributed by atoms with Gasteiger partial charge in [0.05, 0.1) is 20.1 Å². The van der Waals surface area contributed by atoms with Gasteiger partial charge < -0.3 is 14.8 Å². The predicted octanol–water partition coefficient (Wildman–Crippen LogP) is 4.23. The first kappa shape index (κ1) is 16.9. The molecule has 0 unspecified atom stereocenters. The lowest BCUT2D eigenvalue weighted by atomic mass is 10.0. The van der Waals surface area contributed by atoms with E-state index in [-0.39, 0.29) is 12.3 Å². The largest absolute Gasteiger partial charge is 0.493 e. The van der Waals surface area contributed by atoms with Crippen molar-refractivity contribution in [2.75, 3.05) is 19.0 Å². The van der Waals surface area contributed by atoms with Crippen LogP contribution in [0.3, 0.4) is 0 Å². The maximum Gasteiger partial charge on any atom is 0.227 e. The molecule has 0 aliphatic rings. The lowest BCUT2D eigenvalue weighted by Gasteiger charge is -2.11. The smallest absolute Gasteiger partial charge is 0.227 e. The van der Waals surface area contributed by atoms with Crippen LogP contribution >= 0.6 is 0 Å². The van der Waals surface area contributed by atoms with Gasteiger partial charge in [-0.3, -0.25) is 4.79 Å². The predicted molar refractivity (Wildman–Crippen MR) is 92.3 cm³/mol. The number of amides is 1. The van der Waals surface area contributed by atoms with Gasteiger partial charge in [0.2, 0.25) is 5.91 Å². The molecule has 1 amide bonds. The van der Waals surface area contributed by atoms with E-state index in [0.717, 1.165) is 5.69 Å². The number of hydrogen-bond acceptors (Lipinski definition) is 3. The molecular weight excluding hydrogens is 290 g/mol. The van der Waals surface area contributed by atoms with E-state index >= 15 is 0 Å². The van der Waals surface area contributed by atoms with Crippen molar-refractivity contribution in [3.63, 3.8) is 0 Å². The van der Waals surface area contributed by atoms with Crippen molar-refractivity contribution in [3.05, 3.63) is 54.1 Å². The topological polar surface area (TPSA) is 47.6 Å². The molecule has 0 saturated heterocycles. The molecule has 0 aliphatic heterocycles. The Morgan fingerprint density at radius 2 is 1.70 bits per heavy atom. The molecule has 23 heavy (non-hydrogen) atoms. The number of carbonyl (C=O) groups excluding carboxylic acids is 1. The Morgan fingerprint density at radius 3 is 2.30 bits per heavy atom. The van der Waals surface area contributed by atoms with Crippen LogP contribution < -0.4 is 14.8 Å². The molecule has 1 N–H and O–H groups in total. The van der Waals surface area contributed by atoms with Gasteiger partial charge in [-0.15, -0.1) is 0 Å². The highest BCUT2D eigenvalue weighted by atomic mass is 16.5. The van der Waals surface area contributed by atoms with E-state index in [1.54, 1.807) is 7.11 Å². The summed E-state index contributed by atoms with van der Waals surface area (Å²) in [6.07, 6.45) is 0.282. The zero-order chi connectivity index (χ0) is 16.7. The molecule has 2 aromatic rings. The fraction of sp³-hybridized carbons (Fsp3) is 0.316. The summed E-state index contributed by atoms with van der Waals surface area (Å²) in [7, 11) is 1.59. The highest BCUT2D eigenvalue weighted by molar-refractivity contribution is 5.90. The molecule has 0 heterocycles. The Labute approximate surface area is 137 Å². The van der Waals surface area contributed by atoms with Gasteiger partial charge in [-0.1, -0.05) is 38.1 Å². The first-order valence-electron chi connectivity index (χ1n) is 7.75. The molecule has 0 bridgehead atoms. The number of hydrogen-bond donors (Lipinski definition) is 1. The Bertz CT molecular complexity index is 635. The van der Waals surface area contributed by atoms with Crippen molar-refractivity contribution < 1.29 is 14.3 Å². The fourth-order valence-corrected chi connectivity index (χ4v) is 2.17. The van der Waals surface area contributed by atoms with Crippen molar-refractivity contribution in [2.24, 2.45) is 0 Å². The Morgan fingerprint density at radius 1 is 1.04 bits per heavy atom. The second-order valence-corrected chi connectivity index (χ2v) is 5.57. The Balaban J connectivity index is 1.81. The quantitative estimate of drug-likeness (QED) is 0.832. The van der Waals surface area contributed by atoms with Crippen LogP contribution in [0.25, 0.3) is 0 Å². The average Bonchev–Trinajstić information content (AvgIpc) is 2.55. The van der Waals surface area contributed by atoms with Gasteiger partial charge in [-0.25, -0.2) is 0 Å². The minimum absolute atomic E-state index is 0.0720. The van der Waals surface area contributed by atoms with E-state index in [0.29, 0.717) is 24.0 Å². The van der Waals surface area contributed by atoms with Crippen molar-refractivity contribution in [1.29, 1.82) is 0 Å². The lowest BCUT2D eigenvalue weighted by molar-refractivity contribution is -0.116. The molecule has 0 saturated carbocycles. The number of nitrogens with one attached hydrogen (secondary N) is 1. The van der Waals surface area contributed by atoms with Crippen molar-refractivity contribution in [1.82, 2.24) is 0 Å². The van der Waals surface area contributed by atoms with Crippen LogP contribution in [0.15, 0.2) is 48.5 Å². The van der Waals surface area contributed by atoms with Gasteiger partial charge in [-0.2, -0.15) is 0 Å². The molecular formula is C19H23NO3. The van der Waals surface area contributed by atoms with Crippen LogP contribution in [0, 0.1) is 0 Å². The maximum atomic E-state index is 12.0. The van der Waals surface area contributed by atoms with Crippen LogP contribution in [0.1, 0.15) is 31.7 Å². The van der Waals surface area contributed by atoms with Crippen LogP contribution in [0.5, 0.6) is 11.5 Å². The number of anilines is 1. The summed E-state index contributed by atoms with van der Waals surface area (Å²) < 4.78 is 10.8. The molecule has 0 fully saturated rings. The third-order valence-corrected chi connectivity index (χ3v) is 3.52. The first-order chi connectivity index (χ1) is 11.1. The summed E-state index contributed by atoms with van der Waals surface area (Å²) in [5.41, 5.74) is 2.05. The number of ether oxygens (including phenoxy) is 2. The molecule has 0 spiro atoms. The van der Waals surface area contributed by atoms with Gasteiger partial charge in [0.1, 0.15) is 0 Å². The standard InChI is InChI=1S/C19H23NO3/c1-14(2)15-8-10-16(11-9-15)20-19(21)12-13-23-18-7-5-4-6-17(18)22-3/h4-11,14H,12-13H2,1-3H3,(H,20,21). The highest BCUT2D eigenvalue weighted by Gasteiger charge is 2.06. The first-order valence-corrected chi connectivity index (χ1v) is 7.75. The molecule has 0 atom stereocenters. The molecule has 2 aromatic carbocycles. The molecule has 0 aliphatic carbocycles. The zero-order valence-corrected chi connectivity index (χ0v) is 13.8. The molecule has 0 aromatic heterocycles. The number of carbonyl (C=O) groups is 1. The molecule has 0 radical (unpaired) electrons. The minimum Gasteiger partial charge on any atom is -0.493 e. The van der Waals surface area contributed by atoms with E-state index in [9.17, 15) is 4.79 Å². The van der Waals surface area contributed by atoms with Crippen molar-refractivity contribution in [3.8, 4) is 11.5 Å². The van der Waals surface area contributed by atoms with E-state index in [2.05, 4.69) is 19.2 Å². The normalized spacial score (nSPS) is 10.4. The second-order valence-electron chi connectivity index (χ2n) is 5.57. The van der Waals surface area contributed by atoms with Gasteiger partial charge >= 0.3 is 0 Å². The SMILES string of the molecule is COc1ccccc1OCCC(=O)Nc1ccc(C(C)C)cc1. The monoisotopic (exact) mass is 313 g/mol. The van der Waals surface area contributed by atoms with Crippen LogP contribution in [0.4, 0.5) is 5.69 Å². The molecule has 4 nitrogen and oxygen atoms in total. The second kappa shape index (κ2) is 8.22. The van der Waals surface area contributed by atoms with E-state index in [1.807, 2.05) is 48.5 Å². The average molecular weight is 313 g/mol. The minimum atomic E-state index is -0.0720. The van der Waals surface area contributed by atoms with Crippen LogP contribution in [-0.2, 0) is 4.79 Å². The number of methoxy groups -OCH3 is 1. The van der Waals surface area contributed by atoms with Crippen molar-refractivity contribution in [2.45, 2.75) is 26.2 Å². The highest BCUT2D eigenvalue weighted by Crippen LogP contribution is 2.25. The van der Waals surface area contributed by atoms with Crippen LogP contribution in [0.2, 0.25) is 0 Å². The summed E-state index contributed by atoms with van der Waals surface area (Å²) >= 11 is 0. The van der Waals surface area contributed by atoms with Crippen LogP contribution in [-0.4, -0.2) is 19.6 Å². The van der Waals surface area contributed by atoms with Gasteiger partial charge in [0.15, 0.2) is 11.5 Å². The Kier molecular flexibility index (Phi) is 6.03. The zero-order valence-electron chi connectivity index (χ0n) is 13.8. The molecule has 4 heteroatoms. The number of benzene rings is 2. The van der Waals surface area contributed by atoms with E-state index < -0.39 is 0 Å². The third-order valence-electron chi connectivity index (χ3n) is 3.52. The van der Waals surface area contributed by atoms with Gasteiger partial charge in [-0.05, 0) is 35.7 Å². The molecule has 122 valence electrons. The number of para-hydroxylation sites is 2. The van der Waals surface area contributed by atoms with E-state index in [1.165, 1.54) is 5.56 Å². The number of rotatable bonds is 7. The molecule has 2 rings (SSSR count). The van der Waals surface area contributed by atoms with Crippen molar-refractivity contribution >= 4 is 11.6 Å².